The SMILES string of the molecule is CC(=O)N1C[C@H](C(=O)Nc2ccc(C)cc2C)[C@@H](c2nnc(CCCC(C)(C)C)n2CC(F)(F)F)C1. The molecule has 2 heterocycles. The minimum absolute atomic E-state index is 0.0441. The van der Waals surface area contributed by atoms with Gasteiger partial charge in [-0.1, -0.05) is 38.5 Å². The number of halogens is 3. The monoisotopic (exact) mass is 507 g/mol. The fourth-order valence-electron chi connectivity index (χ4n) is 4.70. The number of likely N-dealkylation sites (tertiary alicyclic amines) is 1. The van der Waals surface area contributed by atoms with Gasteiger partial charge in [-0.2, -0.15) is 13.2 Å². The fourth-order valence-corrected chi connectivity index (χ4v) is 4.70. The molecule has 1 aliphatic rings. The molecule has 1 fully saturated rings. The molecule has 0 aliphatic carbocycles. The van der Waals surface area contributed by atoms with Gasteiger partial charge in [0.05, 0.1) is 11.8 Å². The molecule has 2 aromatic rings. The molecule has 10 heteroatoms. The van der Waals surface area contributed by atoms with E-state index in [1.807, 2.05) is 26.0 Å². The van der Waals surface area contributed by atoms with Crippen LogP contribution in [0.2, 0.25) is 0 Å². The van der Waals surface area contributed by atoms with Crippen LogP contribution in [0.25, 0.3) is 0 Å². The zero-order valence-electron chi connectivity index (χ0n) is 21.9. The van der Waals surface area contributed by atoms with E-state index in [1.165, 1.54) is 11.8 Å². The Morgan fingerprint density at radius 3 is 2.39 bits per heavy atom. The highest BCUT2D eigenvalue weighted by Crippen LogP contribution is 2.35. The molecule has 0 saturated carbocycles. The van der Waals surface area contributed by atoms with Crippen molar-refractivity contribution in [1.29, 1.82) is 0 Å². The van der Waals surface area contributed by atoms with E-state index in [0.29, 0.717) is 18.5 Å². The molecule has 1 saturated heterocycles. The van der Waals surface area contributed by atoms with E-state index >= 15 is 0 Å². The molecule has 36 heavy (non-hydrogen) atoms. The quantitative estimate of drug-likeness (QED) is 0.570. The molecule has 3 rings (SSSR count). The molecule has 7 nitrogen and oxygen atoms in total. The Balaban J connectivity index is 1.93. The van der Waals surface area contributed by atoms with E-state index in [1.54, 1.807) is 6.07 Å². The fraction of sp³-hybridized carbons (Fsp3) is 0.615. The topological polar surface area (TPSA) is 80.1 Å². The Morgan fingerprint density at radius 1 is 1.11 bits per heavy atom. The molecule has 0 spiro atoms. The first kappa shape index (κ1) is 27.7. The third-order valence-electron chi connectivity index (χ3n) is 6.59. The number of amides is 2. The Bertz CT molecular complexity index is 1100. The maximum Gasteiger partial charge on any atom is 0.406 e. The van der Waals surface area contributed by atoms with Crippen LogP contribution >= 0.6 is 0 Å². The van der Waals surface area contributed by atoms with Gasteiger partial charge in [0.25, 0.3) is 0 Å². The lowest BCUT2D eigenvalue weighted by Gasteiger charge is -2.21. The lowest BCUT2D eigenvalue weighted by Crippen LogP contribution is -2.31. The molecular formula is C26H36F3N5O2. The Hall–Kier alpha value is -2.91. The number of alkyl halides is 3. The van der Waals surface area contributed by atoms with Gasteiger partial charge in [0.2, 0.25) is 11.8 Å². The molecule has 1 aromatic carbocycles. The lowest BCUT2D eigenvalue weighted by atomic mass is 9.90. The van der Waals surface area contributed by atoms with Gasteiger partial charge in [-0.3, -0.25) is 9.59 Å². The minimum atomic E-state index is -4.48. The summed E-state index contributed by atoms with van der Waals surface area (Å²) in [6.45, 7) is 10.4. The molecule has 2 atom stereocenters. The maximum atomic E-state index is 13.6. The normalized spacial score (nSPS) is 18.5. The first-order valence-corrected chi connectivity index (χ1v) is 12.3. The number of aromatic nitrogens is 3. The van der Waals surface area contributed by atoms with Crippen LogP contribution in [0.1, 0.15) is 69.2 Å². The summed E-state index contributed by atoms with van der Waals surface area (Å²) in [6, 6.07) is 5.61. The van der Waals surface area contributed by atoms with E-state index in [4.69, 9.17) is 0 Å². The van der Waals surface area contributed by atoms with Gasteiger partial charge in [-0.25, -0.2) is 0 Å². The van der Waals surface area contributed by atoms with Gasteiger partial charge < -0.3 is 14.8 Å². The smallest absolute Gasteiger partial charge is 0.341 e. The zero-order chi connectivity index (χ0) is 26.8. The Morgan fingerprint density at radius 2 is 1.81 bits per heavy atom. The van der Waals surface area contributed by atoms with E-state index < -0.39 is 24.6 Å². The number of carbonyl (C=O) groups excluding carboxylic acids is 2. The van der Waals surface area contributed by atoms with Crippen molar-refractivity contribution < 1.29 is 22.8 Å². The van der Waals surface area contributed by atoms with E-state index in [-0.39, 0.29) is 42.0 Å². The van der Waals surface area contributed by atoms with Gasteiger partial charge >= 0.3 is 6.18 Å². The number of benzene rings is 1. The van der Waals surface area contributed by atoms with Crippen LogP contribution < -0.4 is 5.32 Å². The highest BCUT2D eigenvalue weighted by molar-refractivity contribution is 5.94. The van der Waals surface area contributed by atoms with Gasteiger partial charge in [-0.15, -0.1) is 10.2 Å². The summed E-state index contributed by atoms with van der Waals surface area (Å²) in [5, 5.41) is 11.2. The van der Waals surface area contributed by atoms with Crippen LogP contribution in [0, 0.1) is 25.2 Å². The highest BCUT2D eigenvalue weighted by Gasteiger charge is 2.44. The van der Waals surface area contributed by atoms with Crippen LogP contribution in [0.4, 0.5) is 18.9 Å². The second-order valence-electron chi connectivity index (χ2n) is 11.0. The van der Waals surface area contributed by atoms with Gasteiger partial charge in [0.1, 0.15) is 18.2 Å². The number of nitrogens with zero attached hydrogens (tertiary/aromatic N) is 4. The summed E-state index contributed by atoms with van der Waals surface area (Å²) < 4.78 is 41.9. The molecule has 198 valence electrons. The first-order chi connectivity index (χ1) is 16.6. The Kier molecular flexibility index (Phi) is 8.15. The van der Waals surface area contributed by atoms with Crippen LogP contribution in [0.3, 0.4) is 0 Å². The third-order valence-corrected chi connectivity index (χ3v) is 6.59. The van der Waals surface area contributed by atoms with Crippen molar-refractivity contribution in [3.8, 4) is 0 Å². The largest absolute Gasteiger partial charge is 0.406 e. The molecular weight excluding hydrogens is 471 g/mol. The van der Waals surface area contributed by atoms with Crippen molar-refractivity contribution in [1.82, 2.24) is 19.7 Å². The summed E-state index contributed by atoms with van der Waals surface area (Å²) in [5.41, 5.74) is 2.60. The second-order valence-corrected chi connectivity index (χ2v) is 11.0. The first-order valence-electron chi connectivity index (χ1n) is 12.3. The van der Waals surface area contributed by atoms with Gasteiger partial charge in [0, 0.05) is 32.1 Å². The van der Waals surface area contributed by atoms with E-state index in [0.717, 1.165) is 22.1 Å². The summed E-state index contributed by atoms with van der Waals surface area (Å²) >= 11 is 0. The van der Waals surface area contributed by atoms with E-state index in [9.17, 15) is 22.8 Å². The average Bonchev–Trinajstić information content (AvgIpc) is 3.33. The standard InChI is InChI=1S/C26H36F3N5O2/c1-16-9-10-21(17(2)12-16)30-24(36)20-14-33(18(3)35)13-19(20)23-32-31-22(8-7-11-25(4,5)6)34(23)15-26(27,28)29/h9-10,12,19-20H,7-8,11,13-15H2,1-6H3,(H,30,36)/t19-,20-/m0/s1. The predicted octanol–water partition coefficient (Wildman–Crippen LogP) is 5.03. The molecule has 1 aromatic heterocycles. The number of anilines is 1. The van der Waals surface area contributed by atoms with Crippen LogP contribution in [-0.2, 0) is 22.6 Å². The molecule has 0 unspecified atom stereocenters. The molecule has 1 aliphatic heterocycles. The van der Waals surface area contributed by atoms with Gasteiger partial charge in [0.15, 0.2) is 0 Å². The highest BCUT2D eigenvalue weighted by atomic mass is 19.4. The summed E-state index contributed by atoms with van der Waals surface area (Å²) in [4.78, 5) is 27.0. The molecule has 0 bridgehead atoms. The lowest BCUT2D eigenvalue weighted by molar-refractivity contribution is -0.141. The number of hydrogen-bond acceptors (Lipinski definition) is 4. The third kappa shape index (κ3) is 7.07. The molecule has 2 amide bonds. The average molecular weight is 508 g/mol. The van der Waals surface area contributed by atoms with Crippen LogP contribution in [-0.4, -0.2) is 50.7 Å². The number of carbonyl (C=O) groups is 2. The predicted molar refractivity (Wildman–Crippen MR) is 132 cm³/mol. The van der Waals surface area contributed by atoms with Crippen LogP contribution in [0.15, 0.2) is 18.2 Å². The number of rotatable bonds is 7. The van der Waals surface area contributed by atoms with Crippen molar-refractivity contribution in [2.45, 2.75) is 79.4 Å². The Labute approximate surface area is 210 Å². The minimum Gasteiger partial charge on any atom is -0.341 e. The zero-order valence-corrected chi connectivity index (χ0v) is 21.9. The molecule has 1 N–H and O–H groups in total. The summed E-state index contributed by atoms with van der Waals surface area (Å²) in [6.07, 6.45) is -2.64. The maximum absolute atomic E-state index is 13.6. The number of nitrogens with one attached hydrogen (secondary N) is 1. The van der Waals surface area contributed by atoms with Crippen molar-refractivity contribution >= 4 is 17.5 Å². The second kappa shape index (κ2) is 10.6. The van der Waals surface area contributed by atoms with Crippen molar-refractivity contribution in [2.75, 3.05) is 18.4 Å². The van der Waals surface area contributed by atoms with Crippen molar-refractivity contribution in [3.05, 3.63) is 41.0 Å². The summed E-state index contributed by atoms with van der Waals surface area (Å²) in [7, 11) is 0. The van der Waals surface area contributed by atoms with Crippen LogP contribution in [0.5, 0.6) is 0 Å². The summed E-state index contributed by atoms with van der Waals surface area (Å²) in [5.74, 6) is -1.70. The van der Waals surface area contributed by atoms with Crippen molar-refractivity contribution in [2.24, 2.45) is 11.3 Å². The van der Waals surface area contributed by atoms with Gasteiger partial charge in [-0.05, 0) is 43.7 Å². The molecule has 0 radical (unpaired) electrons. The van der Waals surface area contributed by atoms with E-state index in [2.05, 4.69) is 36.3 Å². The van der Waals surface area contributed by atoms with Crippen molar-refractivity contribution in [3.63, 3.8) is 0 Å². The number of hydrogen-bond donors (Lipinski definition) is 1. The number of aryl methyl sites for hydroxylation is 3.